The normalized spacial score (nSPS) is 12.3. The summed E-state index contributed by atoms with van der Waals surface area (Å²) in [6, 6.07) is 10.7. The van der Waals surface area contributed by atoms with E-state index in [-0.39, 0.29) is 4.90 Å². The fraction of sp³-hybridized carbons (Fsp3) is 0.188. The van der Waals surface area contributed by atoms with Crippen LogP contribution in [0.3, 0.4) is 0 Å². The van der Waals surface area contributed by atoms with Crippen molar-refractivity contribution in [2.75, 3.05) is 6.54 Å². The van der Waals surface area contributed by atoms with Gasteiger partial charge in [-0.3, -0.25) is 14.9 Å². The second-order valence-electron chi connectivity index (χ2n) is 5.32. The standard InChI is InChI=1S/C16H17N3O6S/c1-10(15(21)19-16(17)22)25-14(20)9-18-26(23,24)13-7-6-11-4-2-3-5-12(11)8-13/h2-8,10,18H,9H2,1H3,(H3,17,19,21,22)/t10-/m1/s1. The van der Waals surface area contributed by atoms with Crippen molar-refractivity contribution in [2.24, 2.45) is 5.73 Å². The molecule has 2 aromatic rings. The quantitative estimate of drug-likeness (QED) is 0.613. The van der Waals surface area contributed by atoms with Crippen molar-refractivity contribution in [3.05, 3.63) is 42.5 Å². The smallest absolute Gasteiger partial charge is 0.321 e. The zero-order valence-electron chi connectivity index (χ0n) is 13.8. The summed E-state index contributed by atoms with van der Waals surface area (Å²) in [5.41, 5.74) is 4.78. The first kappa shape index (κ1) is 19.3. The van der Waals surface area contributed by atoms with Crippen molar-refractivity contribution in [3.63, 3.8) is 0 Å². The molecule has 3 amide bonds. The molecule has 0 saturated carbocycles. The minimum atomic E-state index is -3.95. The zero-order valence-corrected chi connectivity index (χ0v) is 14.6. The molecule has 0 bridgehead atoms. The molecule has 0 fully saturated rings. The Balaban J connectivity index is 1.99. The molecule has 2 rings (SSSR count). The molecule has 0 spiro atoms. The van der Waals surface area contributed by atoms with E-state index in [0.29, 0.717) is 0 Å². The fourth-order valence-electron chi connectivity index (χ4n) is 2.09. The number of amides is 3. The highest BCUT2D eigenvalue weighted by atomic mass is 32.2. The van der Waals surface area contributed by atoms with E-state index in [0.717, 1.165) is 10.8 Å². The summed E-state index contributed by atoms with van der Waals surface area (Å²) in [7, 11) is -3.95. The first-order valence-corrected chi connectivity index (χ1v) is 8.95. The molecule has 1 atom stereocenters. The van der Waals surface area contributed by atoms with E-state index in [1.807, 2.05) is 12.1 Å². The number of carbonyl (C=O) groups is 3. The summed E-state index contributed by atoms with van der Waals surface area (Å²) < 4.78 is 31.4. The molecule has 0 saturated heterocycles. The van der Waals surface area contributed by atoms with Crippen LogP contribution in [0.1, 0.15) is 6.92 Å². The summed E-state index contributed by atoms with van der Waals surface area (Å²) in [6.07, 6.45) is -1.31. The lowest BCUT2D eigenvalue weighted by atomic mass is 10.1. The van der Waals surface area contributed by atoms with Crippen LogP contribution in [0, 0.1) is 0 Å². The van der Waals surface area contributed by atoms with Crippen LogP contribution >= 0.6 is 0 Å². The number of imide groups is 1. The second-order valence-corrected chi connectivity index (χ2v) is 7.09. The number of ether oxygens (including phenoxy) is 1. The predicted octanol–water partition coefficient (Wildman–Crippen LogP) is 0.245. The van der Waals surface area contributed by atoms with Crippen LogP contribution in [0.25, 0.3) is 10.8 Å². The first-order chi connectivity index (χ1) is 12.2. The third kappa shape index (κ3) is 5.01. The summed E-state index contributed by atoms with van der Waals surface area (Å²) in [6.45, 7) is 0.539. The Labute approximate surface area is 149 Å². The van der Waals surface area contributed by atoms with Gasteiger partial charge in [-0.15, -0.1) is 0 Å². The average Bonchev–Trinajstić information content (AvgIpc) is 2.59. The van der Waals surface area contributed by atoms with Crippen LogP contribution in [0.2, 0.25) is 0 Å². The highest BCUT2D eigenvalue weighted by Gasteiger charge is 2.21. The van der Waals surface area contributed by atoms with Gasteiger partial charge in [0.15, 0.2) is 6.10 Å². The van der Waals surface area contributed by atoms with E-state index in [1.54, 1.807) is 23.5 Å². The number of rotatable bonds is 6. The number of benzene rings is 2. The molecule has 0 radical (unpaired) electrons. The summed E-state index contributed by atoms with van der Waals surface area (Å²) in [4.78, 5) is 33.7. The Kier molecular flexibility index (Phi) is 5.90. The zero-order chi connectivity index (χ0) is 19.3. The molecular formula is C16H17N3O6S. The van der Waals surface area contributed by atoms with E-state index in [1.165, 1.54) is 19.1 Å². The van der Waals surface area contributed by atoms with E-state index in [9.17, 15) is 22.8 Å². The van der Waals surface area contributed by atoms with Crippen LogP contribution in [0.4, 0.5) is 4.79 Å². The maximum atomic E-state index is 12.3. The number of hydrogen-bond acceptors (Lipinski definition) is 6. The van der Waals surface area contributed by atoms with Gasteiger partial charge in [0, 0.05) is 0 Å². The number of primary amides is 1. The molecule has 10 heteroatoms. The monoisotopic (exact) mass is 379 g/mol. The number of sulfonamides is 1. The predicted molar refractivity (Wildman–Crippen MR) is 92.4 cm³/mol. The first-order valence-electron chi connectivity index (χ1n) is 7.47. The fourth-order valence-corrected chi connectivity index (χ4v) is 3.09. The van der Waals surface area contributed by atoms with E-state index in [4.69, 9.17) is 10.5 Å². The Morgan fingerprint density at radius 2 is 1.77 bits per heavy atom. The van der Waals surface area contributed by atoms with E-state index < -0.39 is 40.6 Å². The minimum absolute atomic E-state index is 0.0106. The highest BCUT2D eigenvalue weighted by Crippen LogP contribution is 2.18. The third-order valence-corrected chi connectivity index (χ3v) is 4.76. The lowest BCUT2D eigenvalue weighted by molar-refractivity contribution is -0.153. The maximum absolute atomic E-state index is 12.3. The summed E-state index contributed by atoms with van der Waals surface area (Å²) in [5.74, 6) is -1.90. The Morgan fingerprint density at radius 3 is 2.42 bits per heavy atom. The van der Waals surface area contributed by atoms with Crippen molar-refractivity contribution < 1.29 is 27.5 Å². The minimum Gasteiger partial charge on any atom is -0.452 e. The van der Waals surface area contributed by atoms with Crippen LogP contribution in [0.5, 0.6) is 0 Å². The molecule has 0 unspecified atom stereocenters. The van der Waals surface area contributed by atoms with Crippen molar-refractivity contribution >= 4 is 38.7 Å². The molecule has 26 heavy (non-hydrogen) atoms. The largest absolute Gasteiger partial charge is 0.452 e. The topological polar surface area (TPSA) is 145 Å². The van der Waals surface area contributed by atoms with Crippen molar-refractivity contribution in [1.82, 2.24) is 10.0 Å². The molecule has 9 nitrogen and oxygen atoms in total. The lowest BCUT2D eigenvalue weighted by Gasteiger charge is -2.12. The molecule has 0 heterocycles. The van der Waals surface area contributed by atoms with E-state index >= 15 is 0 Å². The molecule has 0 aliphatic carbocycles. The molecule has 138 valence electrons. The number of carbonyl (C=O) groups excluding carboxylic acids is 3. The molecule has 0 aliphatic heterocycles. The van der Waals surface area contributed by atoms with Gasteiger partial charge in [-0.25, -0.2) is 13.2 Å². The van der Waals surface area contributed by atoms with Gasteiger partial charge in [-0.05, 0) is 29.8 Å². The van der Waals surface area contributed by atoms with Crippen molar-refractivity contribution in [1.29, 1.82) is 0 Å². The summed E-state index contributed by atoms with van der Waals surface area (Å²) in [5, 5.41) is 3.35. The van der Waals surface area contributed by atoms with Crippen molar-refractivity contribution in [2.45, 2.75) is 17.9 Å². The van der Waals surface area contributed by atoms with Crippen molar-refractivity contribution in [3.8, 4) is 0 Å². The van der Waals surface area contributed by atoms with Gasteiger partial charge in [0.1, 0.15) is 6.54 Å². The van der Waals surface area contributed by atoms with Crippen LogP contribution in [-0.2, 0) is 24.3 Å². The number of nitrogens with one attached hydrogen (secondary N) is 2. The van der Waals surface area contributed by atoms with Gasteiger partial charge in [0.25, 0.3) is 5.91 Å². The second kappa shape index (κ2) is 7.93. The van der Waals surface area contributed by atoms with Gasteiger partial charge < -0.3 is 10.5 Å². The third-order valence-electron chi connectivity index (χ3n) is 3.36. The number of nitrogens with two attached hydrogens (primary N) is 1. The maximum Gasteiger partial charge on any atom is 0.321 e. The lowest BCUT2D eigenvalue weighted by Crippen LogP contribution is -2.43. The average molecular weight is 379 g/mol. The van der Waals surface area contributed by atoms with Gasteiger partial charge in [0.05, 0.1) is 4.90 Å². The molecule has 0 aromatic heterocycles. The van der Waals surface area contributed by atoms with Gasteiger partial charge in [-0.2, -0.15) is 4.72 Å². The number of esters is 1. The van der Waals surface area contributed by atoms with Crippen LogP contribution < -0.4 is 15.8 Å². The molecular weight excluding hydrogens is 362 g/mol. The van der Waals surface area contributed by atoms with E-state index in [2.05, 4.69) is 4.72 Å². The Bertz CT molecular complexity index is 957. The molecule has 0 aliphatic rings. The highest BCUT2D eigenvalue weighted by molar-refractivity contribution is 7.89. The SMILES string of the molecule is C[C@@H](OC(=O)CNS(=O)(=O)c1ccc2ccccc2c1)C(=O)NC(N)=O. The van der Waals surface area contributed by atoms with Crippen LogP contribution in [0.15, 0.2) is 47.4 Å². The Hall–Kier alpha value is -2.98. The number of hydrogen-bond donors (Lipinski definition) is 3. The number of urea groups is 1. The van der Waals surface area contributed by atoms with Gasteiger partial charge in [0.2, 0.25) is 10.0 Å². The van der Waals surface area contributed by atoms with Crippen LogP contribution in [-0.4, -0.2) is 39.0 Å². The van der Waals surface area contributed by atoms with Gasteiger partial charge in [-0.1, -0.05) is 30.3 Å². The Morgan fingerprint density at radius 1 is 1.12 bits per heavy atom. The van der Waals surface area contributed by atoms with Gasteiger partial charge >= 0.3 is 12.0 Å². The molecule has 4 N–H and O–H groups in total. The number of fused-ring (bicyclic) bond motifs is 1. The molecule has 2 aromatic carbocycles. The summed E-state index contributed by atoms with van der Waals surface area (Å²) >= 11 is 0.